The largest absolute Gasteiger partial charge is 0.480 e. The lowest BCUT2D eigenvalue weighted by atomic mass is 10.3. The molecule has 1 atom stereocenters. The van der Waals surface area contributed by atoms with Crippen LogP contribution in [0.25, 0.3) is 0 Å². The third kappa shape index (κ3) is 8.41. The number of nitrogens with one attached hydrogen (secondary N) is 2. The number of aliphatic carboxylic acids is 1. The number of thioether (sulfide) groups is 1. The van der Waals surface area contributed by atoms with Crippen molar-refractivity contribution in [3.63, 3.8) is 0 Å². The highest BCUT2D eigenvalue weighted by Gasteiger charge is 2.18. The summed E-state index contributed by atoms with van der Waals surface area (Å²) in [7, 11) is 0. The first-order valence-electron chi connectivity index (χ1n) is 5.18. The van der Waals surface area contributed by atoms with E-state index >= 15 is 0 Å². The highest BCUT2D eigenvalue weighted by atomic mass is 32.2. The van der Waals surface area contributed by atoms with E-state index in [4.69, 9.17) is 10.4 Å². The van der Waals surface area contributed by atoms with E-state index in [0.29, 0.717) is 0 Å². The second-order valence-electron chi connectivity index (χ2n) is 3.36. The van der Waals surface area contributed by atoms with Crippen LogP contribution in [0.5, 0.6) is 0 Å². The molecule has 0 radical (unpaired) electrons. The maximum absolute atomic E-state index is 11.2. The van der Waals surface area contributed by atoms with Crippen LogP contribution < -0.4 is 10.6 Å². The van der Waals surface area contributed by atoms with Gasteiger partial charge in [-0.15, -0.1) is 11.8 Å². The molecule has 0 saturated heterocycles. The minimum absolute atomic E-state index is 0.0921. The summed E-state index contributed by atoms with van der Waals surface area (Å²) in [5.74, 6) is -1.62. The fraction of sp³-hybridized carbons (Fsp3) is 0.600. The van der Waals surface area contributed by atoms with Gasteiger partial charge in [0, 0.05) is 19.2 Å². The molecule has 100 valence electrons. The summed E-state index contributed by atoms with van der Waals surface area (Å²) >= 11 is 1.11. The van der Waals surface area contributed by atoms with E-state index in [0.717, 1.165) is 11.8 Å². The lowest BCUT2D eigenvalue weighted by Crippen LogP contribution is -2.41. The van der Waals surface area contributed by atoms with E-state index in [1.165, 1.54) is 6.92 Å². The van der Waals surface area contributed by atoms with E-state index in [1.54, 1.807) is 0 Å². The summed E-state index contributed by atoms with van der Waals surface area (Å²) in [5, 5.41) is 21.8. The maximum Gasteiger partial charge on any atom is 0.327 e. The van der Waals surface area contributed by atoms with Gasteiger partial charge in [-0.2, -0.15) is 5.26 Å². The first kappa shape index (κ1) is 16.2. The van der Waals surface area contributed by atoms with Crippen molar-refractivity contribution in [3.8, 4) is 6.07 Å². The zero-order chi connectivity index (χ0) is 14.0. The summed E-state index contributed by atoms with van der Waals surface area (Å²) in [6.45, 7) is 1.51. The molecule has 8 heteroatoms. The van der Waals surface area contributed by atoms with Crippen LogP contribution in [-0.4, -0.2) is 47.0 Å². The molecule has 0 aromatic heterocycles. The van der Waals surface area contributed by atoms with Crippen molar-refractivity contribution in [2.75, 3.05) is 18.1 Å². The molecule has 7 nitrogen and oxygen atoms in total. The summed E-state index contributed by atoms with van der Waals surface area (Å²) in [4.78, 5) is 32.7. The fourth-order valence-electron chi connectivity index (χ4n) is 0.998. The van der Waals surface area contributed by atoms with Crippen LogP contribution in [0.2, 0.25) is 0 Å². The minimum atomic E-state index is -1.14. The molecule has 2 amide bonds. The number of hydrogen-bond acceptors (Lipinski definition) is 5. The predicted octanol–water partition coefficient (Wildman–Crippen LogP) is -0.661. The highest BCUT2D eigenvalue weighted by molar-refractivity contribution is 8.00. The van der Waals surface area contributed by atoms with E-state index in [-0.39, 0.29) is 30.4 Å². The maximum atomic E-state index is 11.2. The van der Waals surface area contributed by atoms with E-state index < -0.39 is 17.9 Å². The van der Waals surface area contributed by atoms with Crippen LogP contribution in [0, 0.1) is 11.3 Å². The molecule has 3 N–H and O–H groups in total. The van der Waals surface area contributed by atoms with Crippen molar-refractivity contribution in [1.29, 1.82) is 5.26 Å². The van der Waals surface area contributed by atoms with Gasteiger partial charge in [0.1, 0.15) is 6.04 Å². The Labute approximate surface area is 109 Å². The Morgan fingerprint density at radius 3 is 2.61 bits per heavy atom. The third-order valence-electron chi connectivity index (χ3n) is 1.75. The Balaban J connectivity index is 3.85. The molecular formula is C10H15N3O4S. The Morgan fingerprint density at radius 1 is 1.44 bits per heavy atom. The molecule has 0 aromatic rings. The first-order chi connectivity index (χ1) is 8.47. The van der Waals surface area contributed by atoms with Gasteiger partial charge in [-0.05, 0) is 0 Å². The monoisotopic (exact) mass is 273 g/mol. The Kier molecular flexibility index (Phi) is 8.39. The molecule has 0 aliphatic carbocycles. The van der Waals surface area contributed by atoms with Gasteiger partial charge in [-0.1, -0.05) is 0 Å². The van der Waals surface area contributed by atoms with Crippen molar-refractivity contribution < 1.29 is 19.5 Å². The second kappa shape index (κ2) is 9.30. The Bertz CT molecular complexity index is 354. The van der Waals surface area contributed by atoms with E-state index in [2.05, 4.69) is 10.6 Å². The second-order valence-corrected chi connectivity index (χ2v) is 4.39. The van der Waals surface area contributed by atoms with Gasteiger partial charge in [-0.3, -0.25) is 9.59 Å². The Hall–Kier alpha value is -1.75. The number of nitrogens with zero attached hydrogens (tertiary/aromatic N) is 1. The molecule has 0 bridgehead atoms. The van der Waals surface area contributed by atoms with Gasteiger partial charge >= 0.3 is 5.97 Å². The SMILES string of the molecule is CC(=O)N[C@@H](CSCC(=O)NCCC#N)C(=O)O. The molecule has 0 aromatic carbocycles. The van der Waals surface area contributed by atoms with Gasteiger partial charge < -0.3 is 15.7 Å². The van der Waals surface area contributed by atoms with Gasteiger partial charge in [0.15, 0.2) is 0 Å². The average Bonchev–Trinajstić information content (AvgIpc) is 2.27. The van der Waals surface area contributed by atoms with Crippen molar-refractivity contribution in [1.82, 2.24) is 10.6 Å². The third-order valence-corrected chi connectivity index (χ3v) is 2.79. The molecule has 0 aliphatic heterocycles. The number of rotatable bonds is 8. The lowest BCUT2D eigenvalue weighted by molar-refractivity contribution is -0.140. The zero-order valence-electron chi connectivity index (χ0n) is 9.93. The summed E-state index contributed by atoms with van der Waals surface area (Å²) in [6, 6.07) is 0.887. The van der Waals surface area contributed by atoms with Crippen LogP contribution in [0.1, 0.15) is 13.3 Å². The van der Waals surface area contributed by atoms with Gasteiger partial charge in [0.2, 0.25) is 11.8 Å². The van der Waals surface area contributed by atoms with Gasteiger partial charge in [-0.25, -0.2) is 4.79 Å². The van der Waals surface area contributed by atoms with Crippen molar-refractivity contribution in [3.05, 3.63) is 0 Å². The topological polar surface area (TPSA) is 119 Å². The van der Waals surface area contributed by atoms with Crippen molar-refractivity contribution in [2.45, 2.75) is 19.4 Å². The standard InChI is InChI=1S/C10H15N3O4S/c1-7(14)13-8(10(16)17)5-18-6-9(15)12-4-2-3-11/h8H,2,4-6H2,1H3,(H,12,15)(H,13,14)(H,16,17)/t8-/m0/s1. The molecule has 0 saturated carbocycles. The minimum Gasteiger partial charge on any atom is -0.480 e. The summed E-state index contributed by atoms with van der Waals surface area (Å²) in [6.07, 6.45) is 0.236. The number of nitriles is 1. The Morgan fingerprint density at radius 2 is 2.11 bits per heavy atom. The molecule has 0 aliphatic rings. The molecule has 0 heterocycles. The number of amides is 2. The van der Waals surface area contributed by atoms with Crippen molar-refractivity contribution in [2.24, 2.45) is 0 Å². The van der Waals surface area contributed by atoms with E-state index in [1.807, 2.05) is 6.07 Å². The number of carboxylic acids is 1. The highest BCUT2D eigenvalue weighted by Crippen LogP contribution is 2.03. The van der Waals surface area contributed by atoms with Crippen LogP contribution >= 0.6 is 11.8 Å². The molecule has 0 spiro atoms. The molecule has 18 heavy (non-hydrogen) atoms. The predicted molar refractivity (Wildman–Crippen MR) is 65.8 cm³/mol. The zero-order valence-corrected chi connectivity index (χ0v) is 10.7. The smallest absolute Gasteiger partial charge is 0.327 e. The van der Waals surface area contributed by atoms with Crippen molar-refractivity contribution >= 4 is 29.5 Å². The molecular weight excluding hydrogens is 258 g/mol. The normalized spacial score (nSPS) is 11.1. The first-order valence-corrected chi connectivity index (χ1v) is 6.34. The lowest BCUT2D eigenvalue weighted by Gasteiger charge is -2.12. The van der Waals surface area contributed by atoms with Crippen LogP contribution in [0.4, 0.5) is 0 Å². The number of carbonyl (C=O) groups excluding carboxylic acids is 2. The van der Waals surface area contributed by atoms with E-state index in [9.17, 15) is 14.4 Å². The van der Waals surface area contributed by atoms with Gasteiger partial charge in [0.25, 0.3) is 0 Å². The molecule has 0 rings (SSSR count). The van der Waals surface area contributed by atoms with Crippen LogP contribution in [-0.2, 0) is 14.4 Å². The number of carbonyl (C=O) groups is 3. The fourth-order valence-corrected chi connectivity index (χ4v) is 1.87. The summed E-state index contributed by atoms with van der Waals surface area (Å²) in [5.41, 5.74) is 0. The molecule has 0 unspecified atom stereocenters. The molecule has 0 fully saturated rings. The number of carboxylic acid groups (broad SMARTS) is 1. The average molecular weight is 273 g/mol. The quantitative estimate of drug-likeness (QED) is 0.505. The van der Waals surface area contributed by atoms with Gasteiger partial charge in [0.05, 0.1) is 18.2 Å². The summed E-state index contributed by atoms with van der Waals surface area (Å²) < 4.78 is 0. The number of hydrogen-bond donors (Lipinski definition) is 3. The van der Waals surface area contributed by atoms with Crippen LogP contribution in [0.15, 0.2) is 0 Å². The van der Waals surface area contributed by atoms with Crippen LogP contribution in [0.3, 0.4) is 0 Å².